The molecule has 134 valence electrons. The van der Waals surface area contributed by atoms with E-state index < -0.39 is 22.0 Å². The van der Waals surface area contributed by atoms with Crippen molar-refractivity contribution in [2.24, 2.45) is 0 Å². The van der Waals surface area contributed by atoms with Crippen molar-refractivity contribution in [1.82, 2.24) is 14.9 Å². The van der Waals surface area contributed by atoms with Gasteiger partial charge in [0.05, 0.1) is 7.11 Å². The quantitative estimate of drug-likeness (QED) is 0.725. The molecule has 0 aliphatic rings. The molecule has 0 unspecified atom stereocenters. The van der Waals surface area contributed by atoms with Gasteiger partial charge in [-0.25, -0.2) is 12.7 Å². The van der Waals surface area contributed by atoms with Crippen LogP contribution < -0.4 is 15.4 Å². The molecule has 1 aromatic rings. The van der Waals surface area contributed by atoms with Gasteiger partial charge < -0.3 is 15.4 Å². The number of sulfonamides is 1. The molecule has 0 radical (unpaired) electrons. The third-order valence-electron chi connectivity index (χ3n) is 3.28. The third kappa shape index (κ3) is 4.45. The van der Waals surface area contributed by atoms with Crippen LogP contribution in [0.2, 0.25) is 0 Å². The fourth-order valence-corrected chi connectivity index (χ4v) is 2.96. The van der Waals surface area contributed by atoms with E-state index in [4.69, 9.17) is 4.74 Å². The highest BCUT2D eigenvalue weighted by atomic mass is 32.2. The molecule has 0 saturated carbocycles. The van der Waals surface area contributed by atoms with Crippen molar-refractivity contribution < 1.29 is 22.7 Å². The van der Waals surface area contributed by atoms with E-state index in [1.807, 2.05) is 0 Å². The van der Waals surface area contributed by atoms with Crippen molar-refractivity contribution in [2.45, 2.75) is 24.8 Å². The van der Waals surface area contributed by atoms with Gasteiger partial charge >= 0.3 is 0 Å². The monoisotopic (exact) mass is 357 g/mol. The van der Waals surface area contributed by atoms with Crippen LogP contribution in [0.25, 0.3) is 0 Å². The Hall–Kier alpha value is -2.13. The Morgan fingerprint density at radius 3 is 2.42 bits per heavy atom. The summed E-state index contributed by atoms with van der Waals surface area (Å²) in [5.41, 5.74) is 0.118. The highest BCUT2D eigenvalue weighted by Crippen LogP contribution is 2.26. The maximum absolute atomic E-state index is 12.4. The maximum Gasteiger partial charge on any atom is 0.251 e. The zero-order valence-electron chi connectivity index (χ0n) is 14.4. The van der Waals surface area contributed by atoms with Crippen LogP contribution in [0, 0.1) is 0 Å². The minimum absolute atomic E-state index is 0.117. The summed E-state index contributed by atoms with van der Waals surface area (Å²) in [5, 5.41) is 5.12. The van der Waals surface area contributed by atoms with Gasteiger partial charge in [-0.1, -0.05) is 0 Å². The lowest BCUT2D eigenvalue weighted by atomic mass is 10.2. The van der Waals surface area contributed by atoms with Gasteiger partial charge in [-0.05, 0) is 32.0 Å². The van der Waals surface area contributed by atoms with Crippen molar-refractivity contribution >= 4 is 21.8 Å². The molecular formula is C15H23N3O5S. The van der Waals surface area contributed by atoms with Crippen LogP contribution in [-0.2, 0) is 14.8 Å². The minimum atomic E-state index is -3.78. The fourth-order valence-electron chi connectivity index (χ4n) is 1.89. The molecule has 1 rings (SSSR count). The number of nitrogens with one attached hydrogen (secondary N) is 2. The number of likely N-dealkylation sites (N-methyl/N-ethyl adjacent to an activating group) is 1. The van der Waals surface area contributed by atoms with E-state index in [-0.39, 0.29) is 22.1 Å². The third-order valence-corrected chi connectivity index (χ3v) is 5.11. The first-order chi connectivity index (χ1) is 11.1. The van der Waals surface area contributed by atoms with Crippen molar-refractivity contribution in [1.29, 1.82) is 0 Å². The number of ether oxygens (including phenoxy) is 1. The molecule has 0 fully saturated rings. The second-order valence-corrected chi connectivity index (χ2v) is 7.36. The number of nitrogens with zero attached hydrogens (tertiary/aromatic N) is 1. The van der Waals surface area contributed by atoms with Crippen LogP contribution in [0.4, 0.5) is 0 Å². The lowest BCUT2D eigenvalue weighted by molar-refractivity contribution is -0.122. The predicted octanol–water partition coefficient (Wildman–Crippen LogP) is 0.200. The molecule has 0 bridgehead atoms. The summed E-state index contributed by atoms with van der Waals surface area (Å²) >= 11 is 0. The summed E-state index contributed by atoms with van der Waals surface area (Å²) in [6, 6.07) is 3.33. The van der Waals surface area contributed by atoms with Gasteiger partial charge in [-0.15, -0.1) is 0 Å². The molecule has 0 aliphatic carbocycles. The summed E-state index contributed by atoms with van der Waals surface area (Å²) in [7, 11) is 0.343. The molecule has 8 nitrogen and oxygen atoms in total. The molecule has 1 atom stereocenters. The molecular weight excluding hydrogens is 334 g/mol. The Balaban J connectivity index is 3.14. The van der Waals surface area contributed by atoms with Crippen LogP contribution in [0.1, 0.15) is 24.2 Å². The van der Waals surface area contributed by atoms with E-state index in [0.717, 1.165) is 4.31 Å². The number of hydrogen-bond donors (Lipinski definition) is 2. The Kier molecular flexibility index (Phi) is 6.73. The second-order valence-electron chi connectivity index (χ2n) is 5.24. The number of hydrogen-bond acceptors (Lipinski definition) is 5. The summed E-state index contributed by atoms with van der Waals surface area (Å²) in [6.45, 7) is 3.77. The van der Waals surface area contributed by atoms with E-state index in [1.54, 1.807) is 13.8 Å². The van der Waals surface area contributed by atoms with Gasteiger partial charge in [-0.2, -0.15) is 0 Å². The second kappa shape index (κ2) is 8.11. The lowest BCUT2D eigenvalue weighted by Gasteiger charge is -2.17. The van der Waals surface area contributed by atoms with Gasteiger partial charge in [0.15, 0.2) is 0 Å². The molecule has 9 heteroatoms. The first kappa shape index (κ1) is 19.9. The van der Waals surface area contributed by atoms with Gasteiger partial charge in [0.2, 0.25) is 15.9 Å². The molecule has 0 saturated heterocycles. The zero-order chi connectivity index (χ0) is 18.5. The molecule has 24 heavy (non-hydrogen) atoms. The van der Waals surface area contributed by atoms with Crippen LogP contribution in [0.5, 0.6) is 5.75 Å². The fraction of sp³-hybridized carbons (Fsp3) is 0.467. The van der Waals surface area contributed by atoms with Gasteiger partial charge in [0.1, 0.15) is 16.7 Å². The SMILES string of the molecule is CCNC(=O)[C@@H](C)NC(=O)c1ccc(OC)c(S(=O)(=O)N(C)C)c1. The number of benzene rings is 1. The highest BCUT2D eigenvalue weighted by Gasteiger charge is 2.24. The zero-order valence-corrected chi connectivity index (χ0v) is 15.2. The topological polar surface area (TPSA) is 105 Å². The Labute approximate surface area is 142 Å². The summed E-state index contributed by atoms with van der Waals surface area (Å²) < 4.78 is 30.8. The standard InChI is InChI=1S/C15H23N3O5S/c1-6-16-14(19)10(2)17-15(20)11-7-8-12(23-5)13(9-11)24(21,22)18(3)4/h7-10H,6H2,1-5H3,(H,16,19)(H,17,20)/t10-/m1/s1. The summed E-state index contributed by atoms with van der Waals surface area (Å²) in [5.74, 6) is -0.732. The molecule has 0 aliphatic heterocycles. The van der Waals surface area contributed by atoms with Gasteiger partial charge in [0, 0.05) is 26.2 Å². The molecule has 0 spiro atoms. The average Bonchev–Trinajstić information content (AvgIpc) is 2.54. The number of methoxy groups -OCH3 is 1. The molecule has 0 heterocycles. The smallest absolute Gasteiger partial charge is 0.251 e. The molecule has 1 aromatic carbocycles. The first-order valence-electron chi connectivity index (χ1n) is 7.34. The van der Waals surface area contributed by atoms with E-state index in [9.17, 15) is 18.0 Å². The number of carbonyl (C=O) groups excluding carboxylic acids is 2. The molecule has 2 amide bonds. The largest absolute Gasteiger partial charge is 0.495 e. The Morgan fingerprint density at radius 2 is 1.92 bits per heavy atom. The number of rotatable bonds is 7. The Morgan fingerprint density at radius 1 is 1.29 bits per heavy atom. The van der Waals surface area contributed by atoms with Crippen LogP contribution in [0.15, 0.2) is 23.1 Å². The summed E-state index contributed by atoms with van der Waals surface area (Å²) in [6.07, 6.45) is 0. The van der Waals surface area contributed by atoms with Crippen molar-refractivity contribution in [3.8, 4) is 5.75 Å². The van der Waals surface area contributed by atoms with E-state index >= 15 is 0 Å². The predicted molar refractivity (Wildman–Crippen MR) is 89.5 cm³/mol. The highest BCUT2D eigenvalue weighted by molar-refractivity contribution is 7.89. The van der Waals surface area contributed by atoms with Crippen molar-refractivity contribution in [3.63, 3.8) is 0 Å². The van der Waals surface area contributed by atoms with Crippen LogP contribution >= 0.6 is 0 Å². The average molecular weight is 357 g/mol. The number of carbonyl (C=O) groups is 2. The van der Waals surface area contributed by atoms with Crippen molar-refractivity contribution in [3.05, 3.63) is 23.8 Å². The first-order valence-corrected chi connectivity index (χ1v) is 8.78. The lowest BCUT2D eigenvalue weighted by Crippen LogP contribution is -2.44. The van der Waals surface area contributed by atoms with Gasteiger partial charge in [0.25, 0.3) is 5.91 Å². The Bertz CT molecular complexity index is 716. The summed E-state index contributed by atoms with van der Waals surface area (Å²) in [4.78, 5) is 23.8. The van der Waals surface area contributed by atoms with Crippen LogP contribution in [-0.4, -0.2) is 58.3 Å². The van der Waals surface area contributed by atoms with Crippen LogP contribution in [0.3, 0.4) is 0 Å². The number of amides is 2. The normalized spacial score (nSPS) is 12.6. The van der Waals surface area contributed by atoms with E-state index in [1.165, 1.54) is 39.4 Å². The molecule has 0 aromatic heterocycles. The van der Waals surface area contributed by atoms with Gasteiger partial charge in [-0.3, -0.25) is 9.59 Å². The minimum Gasteiger partial charge on any atom is -0.495 e. The van der Waals surface area contributed by atoms with E-state index in [0.29, 0.717) is 6.54 Å². The van der Waals surface area contributed by atoms with E-state index in [2.05, 4.69) is 10.6 Å². The molecule has 2 N–H and O–H groups in total. The van der Waals surface area contributed by atoms with Crippen molar-refractivity contribution in [2.75, 3.05) is 27.7 Å². The maximum atomic E-state index is 12.4.